The number of aryl methyl sites for hydroxylation is 2. The van der Waals surface area contributed by atoms with Gasteiger partial charge in [-0.2, -0.15) is 5.10 Å². The van der Waals surface area contributed by atoms with Gasteiger partial charge in [-0.15, -0.1) is 0 Å². The van der Waals surface area contributed by atoms with Gasteiger partial charge in [0.1, 0.15) is 41.7 Å². The van der Waals surface area contributed by atoms with E-state index >= 15 is 8.78 Å². The van der Waals surface area contributed by atoms with Crippen LogP contribution in [0.25, 0.3) is 33.2 Å². The molecule has 8 aromatic rings. The van der Waals surface area contributed by atoms with E-state index in [0.717, 1.165) is 40.7 Å². The van der Waals surface area contributed by atoms with Crippen molar-refractivity contribution < 1.29 is 27.1 Å². The van der Waals surface area contributed by atoms with E-state index in [0.29, 0.717) is 29.6 Å². The Morgan fingerprint density at radius 2 is 1.74 bits per heavy atom. The van der Waals surface area contributed by atoms with Crippen molar-refractivity contribution in [1.29, 1.82) is 0 Å². The van der Waals surface area contributed by atoms with Crippen molar-refractivity contribution >= 4 is 45.5 Å². The minimum Gasteiger partial charge on any atom is -0.473 e. The highest BCUT2D eigenvalue weighted by atomic mass is 35.5. The highest BCUT2D eigenvalue weighted by molar-refractivity contribution is 6.30. The molecule has 0 saturated heterocycles. The maximum Gasteiger partial charge on any atom is 0.214 e. The fourth-order valence-corrected chi connectivity index (χ4v) is 6.55. The smallest absolute Gasteiger partial charge is 0.214 e. The molecule has 290 valence electrons. The number of aldehydes is 1. The molecule has 0 saturated carbocycles. The second-order valence-electron chi connectivity index (χ2n) is 13.1. The Hall–Kier alpha value is -6.54. The molecule has 57 heavy (non-hydrogen) atoms. The van der Waals surface area contributed by atoms with Crippen LogP contribution >= 0.6 is 11.6 Å². The number of aromatic nitrogens is 7. The lowest BCUT2D eigenvalue weighted by atomic mass is 10.0. The van der Waals surface area contributed by atoms with E-state index in [9.17, 15) is 13.6 Å². The largest absolute Gasteiger partial charge is 0.473 e. The molecule has 15 heteroatoms. The number of anilines is 1. The van der Waals surface area contributed by atoms with E-state index in [1.807, 2.05) is 41.3 Å². The molecule has 0 radical (unpaired) electrons. The summed E-state index contributed by atoms with van der Waals surface area (Å²) < 4.78 is 68.2. The Labute approximate surface area is 329 Å². The average molecular weight is 795 g/mol. The Morgan fingerprint density at radius 3 is 2.51 bits per heavy atom. The lowest BCUT2D eigenvalue weighted by Crippen LogP contribution is -2.10. The highest BCUT2D eigenvalue weighted by Crippen LogP contribution is 2.29. The zero-order valence-corrected chi connectivity index (χ0v) is 31.7. The second kappa shape index (κ2) is 16.7. The van der Waals surface area contributed by atoms with E-state index in [-0.39, 0.29) is 51.8 Å². The minimum absolute atomic E-state index is 0.0200. The highest BCUT2D eigenvalue weighted by Gasteiger charge is 2.19. The number of hydrogen-bond donors (Lipinski definition) is 2. The minimum atomic E-state index is -0.640. The first-order valence-corrected chi connectivity index (χ1v) is 18.2. The number of H-pyrrole nitrogens is 1. The van der Waals surface area contributed by atoms with Crippen LogP contribution < -0.4 is 10.1 Å². The van der Waals surface area contributed by atoms with Gasteiger partial charge in [0.05, 0.1) is 35.3 Å². The number of benzene rings is 4. The van der Waals surface area contributed by atoms with Crippen LogP contribution in [0.3, 0.4) is 0 Å². The van der Waals surface area contributed by atoms with Crippen molar-refractivity contribution in [3.05, 3.63) is 154 Å². The van der Waals surface area contributed by atoms with Gasteiger partial charge in [-0.1, -0.05) is 23.7 Å². The predicted octanol–water partition coefficient (Wildman–Crippen LogP) is 9.47. The summed E-state index contributed by atoms with van der Waals surface area (Å²) in [6.45, 7) is 4.93. The SMILES string of the molecule is CCn1cncc1Cn1c(Cc2cc(F)c(-c3cccc(OCc4ccc(Cl)cc4F)n3)cc2F)nc2cc(NC)ccc21.Cc1[nH]nc2c(F)cc(C=O)cc12. The Kier molecular flexibility index (Phi) is 11.3. The summed E-state index contributed by atoms with van der Waals surface area (Å²) in [4.78, 5) is 23.9. The van der Waals surface area contributed by atoms with Gasteiger partial charge >= 0.3 is 0 Å². The van der Waals surface area contributed by atoms with Crippen LogP contribution in [0.4, 0.5) is 23.2 Å². The van der Waals surface area contributed by atoms with Crippen molar-refractivity contribution in [3.8, 4) is 17.1 Å². The number of halogens is 5. The molecule has 0 atom stereocenters. The molecule has 4 heterocycles. The van der Waals surface area contributed by atoms with E-state index in [2.05, 4.69) is 25.5 Å². The Balaban J connectivity index is 0.000000322. The average Bonchev–Trinajstić information content (AvgIpc) is 3.92. The molecule has 4 aromatic carbocycles. The van der Waals surface area contributed by atoms with Gasteiger partial charge < -0.3 is 19.2 Å². The lowest BCUT2D eigenvalue weighted by molar-refractivity contribution is 0.112. The maximum absolute atomic E-state index is 15.6. The van der Waals surface area contributed by atoms with Crippen molar-refractivity contribution in [2.45, 2.75) is 40.0 Å². The summed E-state index contributed by atoms with van der Waals surface area (Å²) in [7, 11) is 1.83. The number of aromatic amines is 1. The number of pyridine rings is 1. The third-order valence-corrected chi connectivity index (χ3v) is 9.65. The molecule has 0 amide bonds. The van der Waals surface area contributed by atoms with Crippen LogP contribution in [0.2, 0.25) is 5.02 Å². The van der Waals surface area contributed by atoms with Crippen LogP contribution in [0.5, 0.6) is 5.88 Å². The quantitative estimate of drug-likeness (QED) is 0.0991. The maximum atomic E-state index is 15.6. The number of nitrogens with zero attached hydrogens (tertiary/aromatic N) is 6. The molecule has 8 rings (SSSR count). The second-order valence-corrected chi connectivity index (χ2v) is 13.5. The van der Waals surface area contributed by atoms with Gasteiger partial charge in [0.25, 0.3) is 0 Å². The number of carbonyl (C=O) groups excluding carboxylic acids is 1. The zero-order chi connectivity index (χ0) is 40.2. The van der Waals surface area contributed by atoms with E-state index in [1.54, 1.807) is 49.8 Å². The molecule has 0 spiro atoms. The Morgan fingerprint density at radius 1 is 0.912 bits per heavy atom. The summed E-state index contributed by atoms with van der Waals surface area (Å²) in [5, 5.41) is 10.5. The number of carbonyl (C=O) groups is 1. The standard InChI is InChI=1S/C33H28ClF3N6O.C9H7FN2O/c1-3-42-19-39-16-24(42)17-43-31-10-9-23(38-2)14-30(31)40-32(43)12-21-11-28(37)25(15-27(21)36)29-5-4-6-33(41-29)44-18-20-7-8-22(34)13-26(20)35;1-5-7-2-6(4-13)3-8(10)9(7)12-11-5/h4-11,13-16,19,38H,3,12,17-18H2,1-2H3;2-4H,1H3,(H,11,12). The molecule has 10 nitrogen and oxygen atoms in total. The number of rotatable bonds is 11. The van der Waals surface area contributed by atoms with Crippen LogP contribution in [-0.4, -0.2) is 47.6 Å². The van der Waals surface area contributed by atoms with Gasteiger partial charge in [-0.25, -0.2) is 32.5 Å². The summed E-state index contributed by atoms with van der Waals surface area (Å²) in [6.07, 6.45) is 4.25. The fraction of sp³-hybridized carbons (Fsp3) is 0.167. The zero-order valence-electron chi connectivity index (χ0n) is 31.0. The molecular weight excluding hydrogens is 760 g/mol. The molecule has 0 bridgehead atoms. The van der Waals surface area contributed by atoms with Gasteiger partial charge in [-0.3, -0.25) is 9.89 Å². The molecule has 0 aliphatic heterocycles. The van der Waals surface area contributed by atoms with E-state index in [1.165, 1.54) is 24.3 Å². The number of hydrogen-bond acceptors (Lipinski definition) is 7. The van der Waals surface area contributed by atoms with Crippen molar-refractivity contribution in [1.82, 2.24) is 34.3 Å². The summed E-state index contributed by atoms with van der Waals surface area (Å²) in [5.41, 5.74) is 5.46. The molecule has 2 N–H and O–H groups in total. The molecule has 0 unspecified atom stereocenters. The van der Waals surface area contributed by atoms with Gasteiger partial charge in [0.15, 0.2) is 5.82 Å². The first-order valence-electron chi connectivity index (χ1n) is 17.8. The number of fused-ring (bicyclic) bond motifs is 2. The molecule has 0 aliphatic rings. The van der Waals surface area contributed by atoms with E-state index in [4.69, 9.17) is 21.3 Å². The molecule has 0 aliphatic carbocycles. The fourth-order valence-electron chi connectivity index (χ4n) is 6.39. The van der Waals surface area contributed by atoms with Crippen molar-refractivity contribution in [3.63, 3.8) is 0 Å². The summed E-state index contributed by atoms with van der Waals surface area (Å²) in [5.74, 6) is -1.48. The lowest BCUT2D eigenvalue weighted by Gasteiger charge is -2.13. The topological polar surface area (TPSA) is 116 Å². The monoisotopic (exact) mass is 794 g/mol. The van der Waals surface area contributed by atoms with Gasteiger partial charge in [0.2, 0.25) is 5.88 Å². The Bertz CT molecular complexity index is 2750. The first kappa shape index (κ1) is 38.7. The van der Waals surface area contributed by atoms with Crippen LogP contribution in [0.15, 0.2) is 91.4 Å². The number of ether oxygens (including phenoxy) is 1. The molecule has 0 fully saturated rings. The van der Waals surface area contributed by atoms with Crippen molar-refractivity contribution in [2.75, 3.05) is 12.4 Å². The van der Waals surface area contributed by atoms with E-state index < -0.39 is 23.3 Å². The summed E-state index contributed by atoms with van der Waals surface area (Å²) >= 11 is 5.81. The number of imidazole rings is 2. The summed E-state index contributed by atoms with van der Waals surface area (Å²) in [6, 6.07) is 20.0. The molecular formula is C42H35ClF4N8O2. The van der Waals surface area contributed by atoms with Crippen LogP contribution in [-0.2, 0) is 26.1 Å². The van der Waals surface area contributed by atoms with Gasteiger partial charge in [-0.05, 0) is 80.1 Å². The normalized spacial score (nSPS) is 11.2. The number of nitrogens with one attached hydrogen (secondary N) is 2. The first-order chi connectivity index (χ1) is 27.5. The third-order valence-electron chi connectivity index (χ3n) is 9.41. The van der Waals surface area contributed by atoms with Crippen LogP contribution in [0.1, 0.15) is 45.6 Å². The third kappa shape index (κ3) is 8.36. The van der Waals surface area contributed by atoms with Gasteiger partial charge in [0, 0.05) is 70.8 Å². The van der Waals surface area contributed by atoms with Crippen LogP contribution in [0, 0.1) is 30.2 Å². The molecule has 4 aromatic heterocycles. The predicted molar refractivity (Wildman–Crippen MR) is 211 cm³/mol. The van der Waals surface area contributed by atoms with Crippen molar-refractivity contribution in [2.24, 2.45) is 0 Å².